The van der Waals surface area contributed by atoms with E-state index >= 15 is 0 Å². The van der Waals surface area contributed by atoms with E-state index in [2.05, 4.69) is 25.3 Å². The van der Waals surface area contributed by atoms with Crippen LogP contribution in [0.2, 0.25) is 0 Å². The van der Waals surface area contributed by atoms with Crippen molar-refractivity contribution in [3.8, 4) is 5.95 Å². The van der Waals surface area contributed by atoms with E-state index in [1.54, 1.807) is 18.7 Å². The smallest absolute Gasteiger partial charge is 0.275 e. The highest BCUT2D eigenvalue weighted by atomic mass is 16.1. The largest absolute Gasteiger partial charge is 0.337 e. The number of aryl methyl sites for hydroxylation is 4. The fourth-order valence-electron chi connectivity index (χ4n) is 2.70. The summed E-state index contributed by atoms with van der Waals surface area (Å²) in [6.07, 6.45) is 8.38. The van der Waals surface area contributed by atoms with Crippen molar-refractivity contribution in [1.29, 1.82) is 0 Å². The summed E-state index contributed by atoms with van der Waals surface area (Å²) in [5.41, 5.74) is 2.66. The second-order valence-electron chi connectivity index (χ2n) is 5.95. The lowest BCUT2D eigenvalue weighted by atomic mass is 10.2. The van der Waals surface area contributed by atoms with E-state index in [4.69, 9.17) is 0 Å². The molecule has 3 aromatic rings. The number of aromatic nitrogens is 6. The molecule has 0 fully saturated rings. The molecule has 0 aliphatic heterocycles. The molecule has 0 saturated carbocycles. The Labute approximate surface area is 152 Å². The van der Waals surface area contributed by atoms with Gasteiger partial charge in [0, 0.05) is 25.4 Å². The first-order valence-corrected chi connectivity index (χ1v) is 8.79. The number of hydrogen-bond donors (Lipinski definition) is 1. The summed E-state index contributed by atoms with van der Waals surface area (Å²) in [5, 5.41) is 2.86. The molecular formula is C18H23N7O. The first kappa shape index (κ1) is 17.8. The van der Waals surface area contributed by atoms with Gasteiger partial charge in [-0.3, -0.25) is 9.36 Å². The maximum absolute atomic E-state index is 12.4. The Balaban J connectivity index is 1.88. The minimum Gasteiger partial charge on any atom is -0.337 e. The van der Waals surface area contributed by atoms with Crippen LogP contribution in [-0.4, -0.2) is 35.0 Å². The van der Waals surface area contributed by atoms with Crippen LogP contribution in [0, 0.1) is 6.92 Å². The molecule has 0 radical (unpaired) electrons. The minimum absolute atomic E-state index is 0.268. The zero-order valence-corrected chi connectivity index (χ0v) is 15.5. The van der Waals surface area contributed by atoms with Crippen LogP contribution in [0.5, 0.6) is 0 Å². The molecule has 3 rings (SSSR count). The van der Waals surface area contributed by atoms with Gasteiger partial charge in [-0.2, -0.15) is 0 Å². The summed E-state index contributed by atoms with van der Waals surface area (Å²) in [7, 11) is 0. The number of nitrogens with zero attached hydrogens (tertiary/aromatic N) is 6. The van der Waals surface area contributed by atoms with Gasteiger partial charge in [0.15, 0.2) is 0 Å². The quantitative estimate of drug-likeness (QED) is 0.735. The molecule has 3 heterocycles. The van der Waals surface area contributed by atoms with E-state index < -0.39 is 0 Å². The summed E-state index contributed by atoms with van der Waals surface area (Å²) < 4.78 is 3.74. The molecule has 8 nitrogen and oxygen atoms in total. The highest BCUT2D eigenvalue weighted by Crippen LogP contribution is 2.17. The van der Waals surface area contributed by atoms with Crippen molar-refractivity contribution < 1.29 is 4.79 Å². The second kappa shape index (κ2) is 7.47. The molecule has 1 N–H and O–H groups in total. The van der Waals surface area contributed by atoms with Crippen LogP contribution in [0.1, 0.15) is 48.5 Å². The highest BCUT2D eigenvalue weighted by molar-refractivity contribution is 6.02. The summed E-state index contributed by atoms with van der Waals surface area (Å²) in [5.74, 6) is 1.20. The second-order valence-corrected chi connectivity index (χ2v) is 5.95. The SMILES string of the molecule is CCc1nc(-n2cc(C)nc2CC)ncc1NC(=O)c1cn(CC)cn1. The van der Waals surface area contributed by atoms with E-state index in [0.717, 1.165) is 30.2 Å². The van der Waals surface area contributed by atoms with Crippen molar-refractivity contribution >= 4 is 11.6 Å². The predicted molar refractivity (Wildman–Crippen MR) is 98.5 cm³/mol. The van der Waals surface area contributed by atoms with Gasteiger partial charge >= 0.3 is 0 Å². The number of carbonyl (C=O) groups excluding carboxylic acids is 1. The van der Waals surface area contributed by atoms with Crippen LogP contribution in [0.25, 0.3) is 5.95 Å². The van der Waals surface area contributed by atoms with Crippen LogP contribution in [0.15, 0.2) is 24.9 Å². The van der Waals surface area contributed by atoms with E-state index in [0.29, 0.717) is 23.8 Å². The first-order chi connectivity index (χ1) is 12.5. The molecule has 3 aromatic heterocycles. The minimum atomic E-state index is -0.268. The van der Waals surface area contributed by atoms with E-state index in [9.17, 15) is 4.79 Å². The normalized spacial score (nSPS) is 10.9. The molecule has 0 aromatic carbocycles. The van der Waals surface area contributed by atoms with Crippen molar-refractivity contribution in [1.82, 2.24) is 29.1 Å². The third-order valence-electron chi connectivity index (χ3n) is 4.10. The van der Waals surface area contributed by atoms with Crippen LogP contribution < -0.4 is 5.32 Å². The fraction of sp³-hybridized carbons (Fsp3) is 0.389. The molecule has 0 aliphatic rings. The lowest BCUT2D eigenvalue weighted by Gasteiger charge is -2.11. The van der Waals surface area contributed by atoms with Gasteiger partial charge < -0.3 is 9.88 Å². The van der Waals surface area contributed by atoms with Gasteiger partial charge in [0.2, 0.25) is 5.95 Å². The van der Waals surface area contributed by atoms with Gasteiger partial charge in [-0.25, -0.2) is 19.9 Å². The van der Waals surface area contributed by atoms with Crippen molar-refractivity contribution in [3.63, 3.8) is 0 Å². The monoisotopic (exact) mass is 353 g/mol. The Hall–Kier alpha value is -3.03. The summed E-state index contributed by atoms with van der Waals surface area (Å²) in [6.45, 7) is 8.74. The average molecular weight is 353 g/mol. The number of anilines is 1. The Bertz CT molecular complexity index is 926. The molecule has 136 valence electrons. The molecule has 0 aliphatic carbocycles. The van der Waals surface area contributed by atoms with Gasteiger partial charge in [-0.05, 0) is 20.3 Å². The Morgan fingerprint density at radius 3 is 2.58 bits per heavy atom. The zero-order valence-electron chi connectivity index (χ0n) is 15.5. The number of imidazole rings is 2. The molecule has 0 bridgehead atoms. The molecule has 26 heavy (non-hydrogen) atoms. The molecule has 0 spiro atoms. The lowest BCUT2D eigenvalue weighted by Crippen LogP contribution is -2.16. The summed E-state index contributed by atoms with van der Waals surface area (Å²) in [4.78, 5) is 30.1. The van der Waals surface area contributed by atoms with Gasteiger partial charge in [-0.1, -0.05) is 13.8 Å². The molecule has 0 atom stereocenters. The third-order valence-corrected chi connectivity index (χ3v) is 4.10. The van der Waals surface area contributed by atoms with Gasteiger partial charge in [0.05, 0.1) is 29.6 Å². The molecule has 8 heteroatoms. The van der Waals surface area contributed by atoms with Gasteiger partial charge in [0.25, 0.3) is 5.91 Å². The van der Waals surface area contributed by atoms with Crippen molar-refractivity contribution in [2.45, 2.75) is 47.1 Å². The van der Waals surface area contributed by atoms with Crippen molar-refractivity contribution in [3.05, 3.63) is 47.8 Å². The van der Waals surface area contributed by atoms with Gasteiger partial charge in [-0.15, -0.1) is 0 Å². The Morgan fingerprint density at radius 2 is 1.92 bits per heavy atom. The van der Waals surface area contributed by atoms with E-state index in [1.165, 1.54) is 0 Å². The maximum Gasteiger partial charge on any atom is 0.275 e. The number of nitrogens with one attached hydrogen (secondary N) is 1. The van der Waals surface area contributed by atoms with Crippen LogP contribution in [-0.2, 0) is 19.4 Å². The zero-order chi connectivity index (χ0) is 18.7. The van der Waals surface area contributed by atoms with Crippen LogP contribution in [0.4, 0.5) is 5.69 Å². The van der Waals surface area contributed by atoms with Crippen LogP contribution in [0.3, 0.4) is 0 Å². The topological polar surface area (TPSA) is 90.5 Å². The molecule has 0 saturated heterocycles. The number of amides is 1. The standard InChI is InChI=1S/C18H23N7O/c1-5-13-14(22-17(26)15-10-24(7-3)11-20-15)8-19-18(23-13)25-9-12(4)21-16(25)6-2/h8-11H,5-7H2,1-4H3,(H,22,26). The predicted octanol–water partition coefficient (Wildman–Crippen LogP) is 2.56. The summed E-state index contributed by atoms with van der Waals surface area (Å²) >= 11 is 0. The lowest BCUT2D eigenvalue weighted by molar-refractivity contribution is 0.102. The average Bonchev–Trinajstić information content (AvgIpc) is 3.28. The number of rotatable bonds is 6. The molecular weight excluding hydrogens is 330 g/mol. The van der Waals surface area contributed by atoms with Gasteiger partial charge in [0.1, 0.15) is 11.5 Å². The van der Waals surface area contributed by atoms with Crippen LogP contribution >= 0.6 is 0 Å². The summed E-state index contributed by atoms with van der Waals surface area (Å²) in [6, 6.07) is 0. The maximum atomic E-state index is 12.4. The molecule has 0 unspecified atom stereocenters. The number of hydrogen-bond acceptors (Lipinski definition) is 5. The Morgan fingerprint density at radius 1 is 1.12 bits per heavy atom. The first-order valence-electron chi connectivity index (χ1n) is 8.79. The molecule has 1 amide bonds. The van der Waals surface area contributed by atoms with Crippen molar-refractivity contribution in [2.24, 2.45) is 0 Å². The Kier molecular flexibility index (Phi) is 5.11. The van der Waals surface area contributed by atoms with Crippen molar-refractivity contribution in [2.75, 3.05) is 5.32 Å². The third kappa shape index (κ3) is 3.49. The van der Waals surface area contributed by atoms with E-state index in [1.807, 2.05) is 43.0 Å². The highest BCUT2D eigenvalue weighted by Gasteiger charge is 2.15. The van der Waals surface area contributed by atoms with E-state index in [-0.39, 0.29) is 5.91 Å². The number of carbonyl (C=O) groups is 1. The fourth-order valence-corrected chi connectivity index (χ4v) is 2.70.